The van der Waals surface area contributed by atoms with Crippen LogP contribution in [0.15, 0.2) is 30.5 Å². The molecule has 2 rings (SSSR count). The third-order valence-electron chi connectivity index (χ3n) is 2.85. The first-order valence-electron chi connectivity index (χ1n) is 6.99. The molecule has 0 atom stereocenters. The number of hydrogen-bond donors (Lipinski definition) is 1. The van der Waals surface area contributed by atoms with E-state index in [0.717, 1.165) is 16.9 Å². The standard InChI is InChI=1S/C16H21N3O2/c1-11(2)17-16(20)15-5-6-19(18-15)10-21-14-8-12(3)7-13(4)9-14/h5-9,11H,10H2,1-4H3,(H,17,20). The van der Waals surface area contributed by atoms with E-state index in [9.17, 15) is 4.79 Å². The molecule has 0 radical (unpaired) electrons. The van der Waals surface area contributed by atoms with Crippen LogP contribution in [0.3, 0.4) is 0 Å². The maximum absolute atomic E-state index is 11.8. The summed E-state index contributed by atoms with van der Waals surface area (Å²) >= 11 is 0. The van der Waals surface area contributed by atoms with Crippen molar-refractivity contribution in [3.8, 4) is 5.75 Å². The lowest BCUT2D eigenvalue weighted by atomic mass is 10.1. The number of ether oxygens (including phenoxy) is 1. The van der Waals surface area contributed by atoms with Crippen molar-refractivity contribution in [1.29, 1.82) is 0 Å². The number of rotatable bonds is 5. The van der Waals surface area contributed by atoms with Crippen LogP contribution in [0.5, 0.6) is 5.75 Å². The molecule has 1 amide bonds. The van der Waals surface area contributed by atoms with Gasteiger partial charge in [-0.2, -0.15) is 5.10 Å². The molecule has 0 unspecified atom stereocenters. The first-order chi connectivity index (χ1) is 9.94. The van der Waals surface area contributed by atoms with Gasteiger partial charge in [-0.3, -0.25) is 4.79 Å². The van der Waals surface area contributed by atoms with E-state index in [1.165, 1.54) is 0 Å². The summed E-state index contributed by atoms with van der Waals surface area (Å²) in [6, 6.07) is 7.82. The van der Waals surface area contributed by atoms with E-state index >= 15 is 0 Å². The third kappa shape index (κ3) is 4.34. The average Bonchev–Trinajstić information content (AvgIpc) is 2.83. The minimum absolute atomic E-state index is 0.0918. The average molecular weight is 287 g/mol. The van der Waals surface area contributed by atoms with Gasteiger partial charge in [0.2, 0.25) is 0 Å². The Morgan fingerprint density at radius 3 is 2.57 bits per heavy atom. The summed E-state index contributed by atoms with van der Waals surface area (Å²) in [6.07, 6.45) is 1.73. The van der Waals surface area contributed by atoms with Gasteiger partial charge in [0, 0.05) is 12.2 Å². The topological polar surface area (TPSA) is 56.1 Å². The lowest BCUT2D eigenvalue weighted by molar-refractivity contribution is 0.0936. The fraction of sp³-hybridized carbons (Fsp3) is 0.375. The molecule has 0 aliphatic rings. The van der Waals surface area contributed by atoms with E-state index in [2.05, 4.69) is 16.5 Å². The second-order valence-corrected chi connectivity index (χ2v) is 5.47. The van der Waals surface area contributed by atoms with Crippen molar-refractivity contribution in [2.75, 3.05) is 0 Å². The highest BCUT2D eigenvalue weighted by molar-refractivity contribution is 5.92. The molecule has 112 valence electrons. The van der Waals surface area contributed by atoms with Crippen LogP contribution in [0.2, 0.25) is 0 Å². The van der Waals surface area contributed by atoms with Crippen LogP contribution in [0, 0.1) is 13.8 Å². The van der Waals surface area contributed by atoms with Crippen molar-refractivity contribution in [2.45, 2.75) is 40.5 Å². The van der Waals surface area contributed by atoms with Crippen molar-refractivity contribution in [3.05, 3.63) is 47.3 Å². The zero-order valence-corrected chi connectivity index (χ0v) is 12.9. The van der Waals surface area contributed by atoms with Crippen molar-refractivity contribution in [1.82, 2.24) is 15.1 Å². The van der Waals surface area contributed by atoms with Gasteiger partial charge < -0.3 is 10.1 Å². The molecule has 0 aliphatic heterocycles. The van der Waals surface area contributed by atoms with E-state index in [1.54, 1.807) is 16.9 Å². The van der Waals surface area contributed by atoms with E-state index in [4.69, 9.17) is 4.74 Å². The van der Waals surface area contributed by atoms with Gasteiger partial charge in [0.05, 0.1) is 0 Å². The number of nitrogens with zero attached hydrogens (tertiary/aromatic N) is 2. The predicted octanol–water partition coefficient (Wildman–Crippen LogP) is 2.67. The molecule has 21 heavy (non-hydrogen) atoms. The predicted molar refractivity (Wildman–Crippen MR) is 81.4 cm³/mol. The number of hydrogen-bond acceptors (Lipinski definition) is 3. The molecule has 5 nitrogen and oxygen atoms in total. The Bertz CT molecular complexity index is 612. The Hall–Kier alpha value is -2.30. The van der Waals surface area contributed by atoms with Gasteiger partial charge in [-0.15, -0.1) is 0 Å². The smallest absolute Gasteiger partial charge is 0.271 e. The normalized spacial score (nSPS) is 10.7. The Kier molecular flexibility index (Phi) is 4.62. The largest absolute Gasteiger partial charge is 0.471 e. The highest BCUT2D eigenvalue weighted by atomic mass is 16.5. The molecule has 1 aromatic heterocycles. The monoisotopic (exact) mass is 287 g/mol. The van der Waals surface area contributed by atoms with E-state index < -0.39 is 0 Å². The van der Waals surface area contributed by atoms with E-state index in [-0.39, 0.29) is 18.7 Å². The van der Waals surface area contributed by atoms with Crippen LogP contribution < -0.4 is 10.1 Å². The molecule has 0 aliphatic carbocycles. The van der Waals surface area contributed by atoms with Gasteiger partial charge in [-0.05, 0) is 57.0 Å². The highest BCUT2D eigenvalue weighted by Gasteiger charge is 2.10. The van der Waals surface area contributed by atoms with Gasteiger partial charge in [-0.25, -0.2) is 4.68 Å². The molecule has 0 saturated heterocycles. The summed E-state index contributed by atoms with van der Waals surface area (Å²) in [7, 11) is 0. The van der Waals surface area contributed by atoms with Crippen LogP contribution in [0.25, 0.3) is 0 Å². The first kappa shape index (κ1) is 15.1. The second kappa shape index (κ2) is 6.43. The number of benzene rings is 1. The maximum atomic E-state index is 11.8. The van der Waals surface area contributed by atoms with Crippen molar-refractivity contribution >= 4 is 5.91 Å². The van der Waals surface area contributed by atoms with Gasteiger partial charge in [0.25, 0.3) is 5.91 Å². The minimum atomic E-state index is -0.171. The molecule has 0 saturated carbocycles. The van der Waals surface area contributed by atoms with Gasteiger partial charge in [0.15, 0.2) is 6.73 Å². The van der Waals surface area contributed by atoms with Gasteiger partial charge >= 0.3 is 0 Å². The molecule has 5 heteroatoms. The summed E-state index contributed by atoms with van der Waals surface area (Å²) in [4.78, 5) is 11.8. The van der Waals surface area contributed by atoms with Crippen molar-refractivity contribution in [2.24, 2.45) is 0 Å². The summed E-state index contributed by atoms with van der Waals surface area (Å²) < 4.78 is 7.30. The Morgan fingerprint density at radius 2 is 1.95 bits per heavy atom. The number of carbonyl (C=O) groups is 1. The maximum Gasteiger partial charge on any atom is 0.271 e. The van der Waals surface area contributed by atoms with Crippen molar-refractivity contribution in [3.63, 3.8) is 0 Å². The van der Waals surface area contributed by atoms with Gasteiger partial charge in [0.1, 0.15) is 11.4 Å². The van der Waals surface area contributed by atoms with E-state index in [1.807, 2.05) is 39.8 Å². The third-order valence-corrected chi connectivity index (χ3v) is 2.85. The number of aryl methyl sites for hydroxylation is 2. The van der Waals surface area contributed by atoms with Crippen LogP contribution in [-0.4, -0.2) is 21.7 Å². The Morgan fingerprint density at radius 1 is 1.29 bits per heavy atom. The molecule has 1 aromatic carbocycles. The number of carbonyl (C=O) groups excluding carboxylic acids is 1. The fourth-order valence-corrected chi connectivity index (χ4v) is 2.05. The van der Waals surface area contributed by atoms with Gasteiger partial charge in [-0.1, -0.05) is 6.07 Å². The number of aromatic nitrogens is 2. The van der Waals surface area contributed by atoms with Crippen LogP contribution >= 0.6 is 0 Å². The lowest BCUT2D eigenvalue weighted by Crippen LogP contribution is -2.30. The van der Waals surface area contributed by atoms with E-state index in [0.29, 0.717) is 5.69 Å². The summed E-state index contributed by atoms with van der Waals surface area (Å²) in [5.41, 5.74) is 2.71. The zero-order valence-electron chi connectivity index (χ0n) is 12.9. The molecule has 1 N–H and O–H groups in total. The molecule has 1 heterocycles. The SMILES string of the molecule is Cc1cc(C)cc(OCn2ccc(C(=O)NC(C)C)n2)c1. The van der Waals surface area contributed by atoms with Crippen LogP contribution in [0.4, 0.5) is 0 Å². The lowest BCUT2D eigenvalue weighted by Gasteiger charge is -2.08. The minimum Gasteiger partial charge on any atom is -0.471 e. The quantitative estimate of drug-likeness (QED) is 0.920. The number of amides is 1. The molecule has 2 aromatic rings. The molecule has 0 bridgehead atoms. The van der Waals surface area contributed by atoms with Crippen molar-refractivity contribution < 1.29 is 9.53 Å². The molecular formula is C16H21N3O2. The highest BCUT2D eigenvalue weighted by Crippen LogP contribution is 2.16. The second-order valence-electron chi connectivity index (χ2n) is 5.47. The fourth-order valence-electron chi connectivity index (χ4n) is 2.05. The Balaban J connectivity index is 1.98. The number of nitrogens with one attached hydrogen (secondary N) is 1. The molecular weight excluding hydrogens is 266 g/mol. The first-order valence-corrected chi connectivity index (χ1v) is 6.99. The zero-order chi connectivity index (χ0) is 15.4. The summed E-state index contributed by atoms with van der Waals surface area (Å²) in [5.74, 6) is 0.631. The Labute approximate surface area is 124 Å². The summed E-state index contributed by atoms with van der Waals surface area (Å²) in [6.45, 7) is 8.16. The van der Waals surface area contributed by atoms with Crippen LogP contribution in [0.1, 0.15) is 35.5 Å². The molecule has 0 spiro atoms. The van der Waals surface area contributed by atoms with Crippen LogP contribution in [-0.2, 0) is 6.73 Å². The molecule has 0 fully saturated rings. The summed E-state index contributed by atoms with van der Waals surface area (Å²) in [5, 5.41) is 7.01.